The Morgan fingerprint density at radius 1 is 0.875 bits per heavy atom. The molecule has 0 radical (unpaired) electrons. The van der Waals surface area contributed by atoms with E-state index in [2.05, 4.69) is 38.1 Å². The molecule has 5 nitrogen and oxygen atoms in total. The largest absolute Gasteiger partial charge is 0.415 e. The van der Waals surface area contributed by atoms with E-state index in [1.165, 1.54) is 24.0 Å². The fourth-order valence-corrected chi connectivity index (χ4v) is 4.68. The lowest BCUT2D eigenvalue weighted by Crippen LogP contribution is -2.34. The standard InChI is InChI=1S/C27H36N2O3/c1-5-27(6-2,22-11-15-24(16-12-22)28(4)21(3)30)23-13-17-25(18-14-23)32-26(31)29-19-9-7-8-10-20-29/h11-18H,5-10,19-20H2,1-4H3. The summed E-state index contributed by atoms with van der Waals surface area (Å²) in [6, 6.07) is 16.2. The monoisotopic (exact) mass is 436 g/mol. The Labute approximate surface area is 192 Å². The Balaban J connectivity index is 1.79. The molecular formula is C27H36N2O3. The van der Waals surface area contributed by atoms with E-state index in [0.29, 0.717) is 5.75 Å². The van der Waals surface area contributed by atoms with Crippen LogP contribution in [0.1, 0.15) is 70.4 Å². The molecule has 0 aromatic heterocycles. The summed E-state index contributed by atoms with van der Waals surface area (Å²) in [5.74, 6) is 0.600. The number of carbonyl (C=O) groups excluding carboxylic acids is 2. The second-order valence-corrected chi connectivity index (χ2v) is 8.71. The first-order valence-electron chi connectivity index (χ1n) is 11.8. The Morgan fingerprint density at radius 2 is 1.38 bits per heavy atom. The van der Waals surface area contributed by atoms with Gasteiger partial charge in [-0.05, 0) is 61.1 Å². The molecule has 1 fully saturated rings. The summed E-state index contributed by atoms with van der Waals surface area (Å²) >= 11 is 0. The van der Waals surface area contributed by atoms with Gasteiger partial charge in [0, 0.05) is 38.2 Å². The molecule has 172 valence electrons. The molecule has 2 aromatic rings. The van der Waals surface area contributed by atoms with Crippen LogP contribution >= 0.6 is 0 Å². The van der Waals surface area contributed by atoms with Crippen LogP contribution in [0.25, 0.3) is 0 Å². The molecule has 32 heavy (non-hydrogen) atoms. The quantitative estimate of drug-likeness (QED) is 0.546. The number of hydrogen-bond donors (Lipinski definition) is 0. The molecular weight excluding hydrogens is 400 g/mol. The second-order valence-electron chi connectivity index (χ2n) is 8.71. The summed E-state index contributed by atoms with van der Waals surface area (Å²) in [6.45, 7) is 7.53. The van der Waals surface area contributed by atoms with Crippen LogP contribution in [0.4, 0.5) is 10.5 Å². The lowest BCUT2D eigenvalue weighted by Gasteiger charge is -2.33. The van der Waals surface area contributed by atoms with Crippen LogP contribution in [0.15, 0.2) is 48.5 Å². The Hall–Kier alpha value is -2.82. The molecule has 0 atom stereocenters. The van der Waals surface area contributed by atoms with Crippen molar-refractivity contribution < 1.29 is 14.3 Å². The van der Waals surface area contributed by atoms with Crippen LogP contribution in [0, 0.1) is 0 Å². The van der Waals surface area contributed by atoms with Gasteiger partial charge in [-0.25, -0.2) is 4.79 Å². The third-order valence-corrected chi connectivity index (χ3v) is 6.96. The van der Waals surface area contributed by atoms with Crippen LogP contribution in [0.2, 0.25) is 0 Å². The number of benzene rings is 2. The van der Waals surface area contributed by atoms with Crippen molar-refractivity contribution in [3.8, 4) is 5.75 Å². The first kappa shape index (κ1) is 23.8. The van der Waals surface area contributed by atoms with Gasteiger partial charge in [-0.1, -0.05) is 51.0 Å². The van der Waals surface area contributed by atoms with Crippen molar-refractivity contribution in [1.29, 1.82) is 0 Å². The maximum atomic E-state index is 12.5. The van der Waals surface area contributed by atoms with Crippen LogP contribution in [-0.2, 0) is 10.2 Å². The minimum atomic E-state index is -0.248. The van der Waals surface area contributed by atoms with E-state index in [1.54, 1.807) is 18.9 Å². The lowest BCUT2D eigenvalue weighted by molar-refractivity contribution is -0.116. The molecule has 0 aliphatic carbocycles. The van der Waals surface area contributed by atoms with Gasteiger partial charge in [0.25, 0.3) is 0 Å². The van der Waals surface area contributed by atoms with E-state index in [9.17, 15) is 9.59 Å². The van der Waals surface area contributed by atoms with Gasteiger partial charge in [-0.15, -0.1) is 0 Å². The van der Waals surface area contributed by atoms with Gasteiger partial charge in [-0.2, -0.15) is 0 Å². The summed E-state index contributed by atoms with van der Waals surface area (Å²) < 4.78 is 5.66. The molecule has 0 spiro atoms. The lowest BCUT2D eigenvalue weighted by atomic mass is 9.70. The third kappa shape index (κ3) is 5.14. The van der Waals surface area contributed by atoms with Gasteiger partial charge in [-0.3, -0.25) is 4.79 Å². The van der Waals surface area contributed by atoms with Gasteiger partial charge in [0.15, 0.2) is 0 Å². The first-order valence-corrected chi connectivity index (χ1v) is 11.8. The number of rotatable bonds is 6. The smallest absolute Gasteiger partial charge is 0.410 e. The number of ether oxygens (including phenoxy) is 1. The van der Waals surface area contributed by atoms with Gasteiger partial charge in [0.1, 0.15) is 5.75 Å². The molecule has 2 amide bonds. The maximum absolute atomic E-state index is 12.5. The number of anilines is 1. The minimum absolute atomic E-state index is 0.0142. The van der Waals surface area contributed by atoms with Gasteiger partial charge < -0.3 is 14.5 Å². The van der Waals surface area contributed by atoms with Crippen molar-refractivity contribution >= 4 is 17.7 Å². The van der Waals surface area contributed by atoms with Gasteiger partial charge >= 0.3 is 6.09 Å². The molecule has 1 saturated heterocycles. The average molecular weight is 437 g/mol. The number of hydrogen-bond acceptors (Lipinski definition) is 3. The topological polar surface area (TPSA) is 49.9 Å². The highest BCUT2D eigenvalue weighted by molar-refractivity contribution is 5.90. The van der Waals surface area contributed by atoms with Crippen LogP contribution in [-0.4, -0.2) is 37.0 Å². The van der Waals surface area contributed by atoms with Crippen LogP contribution in [0.5, 0.6) is 5.75 Å². The van der Waals surface area contributed by atoms with E-state index >= 15 is 0 Å². The van der Waals surface area contributed by atoms with Crippen molar-refractivity contribution in [1.82, 2.24) is 4.90 Å². The predicted molar refractivity (Wildman–Crippen MR) is 129 cm³/mol. The molecule has 0 unspecified atom stereocenters. The van der Waals surface area contributed by atoms with E-state index in [1.807, 2.05) is 29.2 Å². The molecule has 5 heteroatoms. The number of likely N-dealkylation sites (tertiary alicyclic amines) is 1. The van der Waals surface area contributed by atoms with E-state index in [-0.39, 0.29) is 17.4 Å². The van der Waals surface area contributed by atoms with Crippen LogP contribution < -0.4 is 9.64 Å². The number of nitrogens with zero attached hydrogens (tertiary/aromatic N) is 2. The number of amides is 2. The highest BCUT2D eigenvalue weighted by Gasteiger charge is 2.31. The SMILES string of the molecule is CCC(CC)(c1ccc(OC(=O)N2CCCCCC2)cc1)c1ccc(N(C)C(C)=O)cc1. The third-order valence-electron chi connectivity index (χ3n) is 6.96. The minimum Gasteiger partial charge on any atom is -0.410 e. The fourth-order valence-electron chi connectivity index (χ4n) is 4.68. The highest BCUT2D eigenvalue weighted by Crippen LogP contribution is 2.40. The zero-order chi connectivity index (χ0) is 23.1. The zero-order valence-electron chi connectivity index (χ0n) is 19.9. The molecule has 0 bridgehead atoms. The Morgan fingerprint density at radius 3 is 1.84 bits per heavy atom. The molecule has 1 heterocycles. The second kappa shape index (κ2) is 10.7. The summed E-state index contributed by atoms with van der Waals surface area (Å²) in [4.78, 5) is 27.7. The summed E-state index contributed by atoms with van der Waals surface area (Å²) in [6.07, 6.45) is 6.09. The van der Waals surface area contributed by atoms with Gasteiger partial charge in [0.2, 0.25) is 5.91 Å². The van der Waals surface area contributed by atoms with E-state index in [4.69, 9.17) is 4.74 Å². The van der Waals surface area contributed by atoms with E-state index in [0.717, 1.165) is 44.5 Å². The Kier molecular flexibility index (Phi) is 7.94. The summed E-state index contributed by atoms with van der Waals surface area (Å²) in [5.41, 5.74) is 3.17. The zero-order valence-corrected chi connectivity index (χ0v) is 19.9. The normalized spacial score (nSPS) is 14.6. The summed E-state index contributed by atoms with van der Waals surface area (Å²) in [7, 11) is 1.79. The van der Waals surface area contributed by atoms with Crippen molar-refractivity contribution in [2.45, 2.75) is 64.7 Å². The first-order chi connectivity index (χ1) is 15.4. The maximum Gasteiger partial charge on any atom is 0.415 e. The van der Waals surface area contributed by atoms with Crippen LogP contribution in [0.3, 0.4) is 0 Å². The van der Waals surface area contributed by atoms with Crippen molar-refractivity contribution in [2.24, 2.45) is 0 Å². The predicted octanol–water partition coefficient (Wildman–Crippen LogP) is 6.15. The number of carbonyl (C=O) groups is 2. The van der Waals surface area contributed by atoms with E-state index < -0.39 is 0 Å². The van der Waals surface area contributed by atoms with Crippen molar-refractivity contribution in [2.75, 3.05) is 25.0 Å². The summed E-state index contributed by atoms with van der Waals surface area (Å²) in [5, 5.41) is 0. The van der Waals surface area contributed by atoms with Crippen molar-refractivity contribution in [3.63, 3.8) is 0 Å². The molecule has 2 aromatic carbocycles. The van der Waals surface area contributed by atoms with Gasteiger partial charge in [0.05, 0.1) is 0 Å². The average Bonchev–Trinajstić information content (AvgIpc) is 3.11. The molecule has 0 saturated carbocycles. The molecule has 3 rings (SSSR count). The Bertz CT molecular complexity index is 894. The van der Waals surface area contributed by atoms with Crippen molar-refractivity contribution in [3.05, 3.63) is 59.7 Å². The highest BCUT2D eigenvalue weighted by atomic mass is 16.6. The molecule has 1 aliphatic heterocycles. The fraction of sp³-hybridized carbons (Fsp3) is 0.481. The molecule has 1 aliphatic rings. The molecule has 0 N–H and O–H groups in total.